The Morgan fingerprint density at radius 1 is 1.13 bits per heavy atom. The lowest BCUT2D eigenvalue weighted by molar-refractivity contribution is -0.00959. The molecule has 0 fully saturated rings. The number of nitrogens with one attached hydrogen (secondary N) is 1. The van der Waals surface area contributed by atoms with Crippen LogP contribution in [-0.2, 0) is 4.74 Å². The molecule has 0 radical (unpaired) electrons. The minimum absolute atomic E-state index is 0.00888. The lowest BCUT2D eigenvalue weighted by Gasteiger charge is -2.22. The Bertz CT molecular complexity index is 140. The lowest BCUT2D eigenvalue weighted by atomic mass is 10.00. The maximum absolute atomic E-state index is 5.76. The molecule has 0 saturated carbocycles. The Hall–Kier alpha value is -0.0800. The molecule has 1 N–H and O–H groups in total. The molecule has 0 aliphatic rings. The molecule has 0 rings (SSSR count). The van der Waals surface area contributed by atoms with Crippen molar-refractivity contribution < 1.29 is 4.74 Å². The zero-order chi connectivity index (χ0) is 11.7. The summed E-state index contributed by atoms with van der Waals surface area (Å²) >= 11 is 0. The van der Waals surface area contributed by atoms with Gasteiger partial charge >= 0.3 is 0 Å². The van der Waals surface area contributed by atoms with Gasteiger partial charge in [0.1, 0.15) is 0 Å². The lowest BCUT2D eigenvalue weighted by Crippen LogP contribution is -2.26. The highest BCUT2D eigenvalue weighted by Gasteiger charge is 2.12. The van der Waals surface area contributed by atoms with Crippen molar-refractivity contribution in [2.45, 2.75) is 59.5 Å². The molecule has 2 nitrogen and oxygen atoms in total. The first-order chi connectivity index (χ1) is 6.99. The fourth-order valence-corrected chi connectivity index (χ4v) is 1.64. The summed E-state index contributed by atoms with van der Waals surface area (Å²) < 4.78 is 5.76. The molecule has 1 atom stereocenters. The molecule has 0 aliphatic carbocycles. The highest BCUT2D eigenvalue weighted by Crippen LogP contribution is 2.13. The van der Waals surface area contributed by atoms with Crippen molar-refractivity contribution in [2.75, 3.05) is 19.7 Å². The Balaban J connectivity index is 3.65. The van der Waals surface area contributed by atoms with E-state index in [9.17, 15) is 0 Å². The first-order valence-corrected chi connectivity index (χ1v) is 6.34. The summed E-state index contributed by atoms with van der Waals surface area (Å²) in [6, 6.07) is 0. The molecule has 0 saturated heterocycles. The minimum Gasteiger partial charge on any atom is -0.376 e. The number of ether oxygens (including phenoxy) is 1. The van der Waals surface area contributed by atoms with Gasteiger partial charge in [0.2, 0.25) is 0 Å². The van der Waals surface area contributed by atoms with Crippen molar-refractivity contribution in [1.82, 2.24) is 5.32 Å². The second-order valence-corrected chi connectivity index (χ2v) is 5.21. The van der Waals surface area contributed by atoms with Crippen molar-refractivity contribution >= 4 is 0 Å². The van der Waals surface area contributed by atoms with Crippen LogP contribution in [0.5, 0.6) is 0 Å². The van der Waals surface area contributed by atoms with Gasteiger partial charge in [0.05, 0.1) is 5.60 Å². The van der Waals surface area contributed by atoms with E-state index in [-0.39, 0.29) is 5.60 Å². The van der Waals surface area contributed by atoms with Crippen molar-refractivity contribution in [2.24, 2.45) is 5.92 Å². The molecule has 0 aromatic carbocycles. The van der Waals surface area contributed by atoms with Gasteiger partial charge in [-0.05, 0) is 52.6 Å². The predicted molar refractivity (Wildman–Crippen MR) is 67.3 cm³/mol. The van der Waals surface area contributed by atoms with Gasteiger partial charge in [0, 0.05) is 6.61 Å². The summed E-state index contributed by atoms with van der Waals surface area (Å²) in [6.45, 7) is 13.9. The monoisotopic (exact) mass is 215 g/mol. The summed E-state index contributed by atoms with van der Waals surface area (Å²) in [4.78, 5) is 0. The van der Waals surface area contributed by atoms with Crippen LogP contribution < -0.4 is 5.32 Å². The van der Waals surface area contributed by atoms with E-state index >= 15 is 0 Å². The molecule has 0 aromatic rings. The molecule has 0 heterocycles. The second kappa shape index (κ2) is 8.12. The van der Waals surface area contributed by atoms with Crippen LogP contribution in [-0.4, -0.2) is 25.3 Å². The Kier molecular flexibility index (Phi) is 8.07. The second-order valence-electron chi connectivity index (χ2n) is 5.21. The van der Waals surface area contributed by atoms with Crippen LogP contribution in [0.4, 0.5) is 0 Å². The third kappa shape index (κ3) is 10.2. The van der Waals surface area contributed by atoms with E-state index in [0.717, 1.165) is 25.6 Å². The quantitative estimate of drug-likeness (QED) is 0.671. The van der Waals surface area contributed by atoms with Crippen molar-refractivity contribution in [3.8, 4) is 0 Å². The predicted octanol–water partition coefficient (Wildman–Crippen LogP) is 3.22. The molecule has 0 spiro atoms. The Labute approximate surface area is 95.8 Å². The van der Waals surface area contributed by atoms with Crippen LogP contribution in [0.15, 0.2) is 0 Å². The van der Waals surface area contributed by atoms with Gasteiger partial charge in [-0.25, -0.2) is 0 Å². The van der Waals surface area contributed by atoms with Gasteiger partial charge in [-0.3, -0.25) is 0 Å². The topological polar surface area (TPSA) is 21.3 Å². The first kappa shape index (κ1) is 14.9. The van der Waals surface area contributed by atoms with Crippen molar-refractivity contribution in [1.29, 1.82) is 0 Å². The van der Waals surface area contributed by atoms with E-state index < -0.39 is 0 Å². The highest BCUT2D eigenvalue weighted by molar-refractivity contribution is 4.64. The molecule has 2 heteroatoms. The fraction of sp³-hybridized carbons (Fsp3) is 1.00. The molecular formula is C13H29NO. The van der Waals surface area contributed by atoms with Crippen LogP contribution in [0.1, 0.15) is 53.9 Å². The molecule has 0 aliphatic heterocycles. The summed E-state index contributed by atoms with van der Waals surface area (Å²) in [5, 5.41) is 3.43. The smallest absolute Gasteiger partial charge is 0.0598 e. The van der Waals surface area contributed by atoms with Gasteiger partial charge in [-0.1, -0.05) is 20.3 Å². The number of hydrogen-bond acceptors (Lipinski definition) is 2. The third-order valence-electron chi connectivity index (χ3n) is 2.44. The average Bonchev–Trinajstić information content (AvgIpc) is 2.12. The molecular weight excluding hydrogens is 186 g/mol. The van der Waals surface area contributed by atoms with Gasteiger partial charge in [0.25, 0.3) is 0 Å². The average molecular weight is 215 g/mol. The van der Waals surface area contributed by atoms with Gasteiger partial charge in [0.15, 0.2) is 0 Å². The SMILES string of the molecule is CCCC(CCOC(C)(C)C)CNCC. The Morgan fingerprint density at radius 3 is 2.27 bits per heavy atom. The summed E-state index contributed by atoms with van der Waals surface area (Å²) in [5.41, 5.74) is 0.00888. The summed E-state index contributed by atoms with van der Waals surface area (Å²) in [5.74, 6) is 0.775. The van der Waals surface area contributed by atoms with E-state index in [1.807, 2.05) is 0 Å². The highest BCUT2D eigenvalue weighted by atomic mass is 16.5. The molecule has 1 unspecified atom stereocenters. The Morgan fingerprint density at radius 2 is 1.80 bits per heavy atom. The third-order valence-corrected chi connectivity index (χ3v) is 2.44. The summed E-state index contributed by atoms with van der Waals surface area (Å²) in [6.07, 6.45) is 3.75. The van der Waals surface area contributed by atoms with Crippen LogP contribution >= 0.6 is 0 Å². The number of hydrogen-bond donors (Lipinski definition) is 1. The number of rotatable bonds is 8. The van der Waals surface area contributed by atoms with E-state index in [1.54, 1.807) is 0 Å². The fourth-order valence-electron chi connectivity index (χ4n) is 1.64. The molecule has 15 heavy (non-hydrogen) atoms. The van der Waals surface area contributed by atoms with Crippen molar-refractivity contribution in [3.63, 3.8) is 0 Å². The van der Waals surface area contributed by atoms with E-state index in [1.165, 1.54) is 19.3 Å². The van der Waals surface area contributed by atoms with Gasteiger partial charge in [-0.15, -0.1) is 0 Å². The standard InChI is InChI=1S/C13H29NO/c1-6-8-12(11-14-7-2)9-10-15-13(3,4)5/h12,14H,6-11H2,1-5H3. The van der Waals surface area contributed by atoms with Crippen LogP contribution in [0.2, 0.25) is 0 Å². The molecule has 0 aromatic heterocycles. The van der Waals surface area contributed by atoms with Crippen LogP contribution in [0, 0.1) is 5.92 Å². The van der Waals surface area contributed by atoms with E-state index in [2.05, 4.69) is 39.9 Å². The summed E-state index contributed by atoms with van der Waals surface area (Å²) in [7, 11) is 0. The maximum atomic E-state index is 5.76. The molecule has 0 bridgehead atoms. The van der Waals surface area contributed by atoms with Crippen LogP contribution in [0.25, 0.3) is 0 Å². The maximum Gasteiger partial charge on any atom is 0.0598 e. The van der Waals surface area contributed by atoms with Crippen molar-refractivity contribution in [3.05, 3.63) is 0 Å². The van der Waals surface area contributed by atoms with Gasteiger partial charge < -0.3 is 10.1 Å². The normalized spacial score (nSPS) is 14.2. The van der Waals surface area contributed by atoms with E-state index in [4.69, 9.17) is 4.74 Å². The molecule has 92 valence electrons. The zero-order valence-corrected chi connectivity index (χ0v) is 11.2. The zero-order valence-electron chi connectivity index (χ0n) is 11.2. The first-order valence-electron chi connectivity index (χ1n) is 6.34. The van der Waals surface area contributed by atoms with E-state index in [0.29, 0.717) is 0 Å². The largest absolute Gasteiger partial charge is 0.376 e. The molecule has 0 amide bonds. The van der Waals surface area contributed by atoms with Gasteiger partial charge in [-0.2, -0.15) is 0 Å². The minimum atomic E-state index is 0.00888. The van der Waals surface area contributed by atoms with Crippen LogP contribution in [0.3, 0.4) is 0 Å².